The molecule has 2 aromatic carbocycles. The van der Waals surface area contributed by atoms with Crippen LogP contribution in [0.15, 0.2) is 66.7 Å². The van der Waals surface area contributed by atoms with Crippen LogP contribution in [0, 0.1) is 0 Å². The Kier molecular flexibility index (Phi) is 9.50. The fourth-order valence-electron chi connectivity index (χ4n) is 6.14. The minimum Gasteiger partial charge on any atom is -0.257 e. The van der Waals surface area contributed by atoms with Gasteiger partial charge in [-0.15, -0.1) is 0 Å². The first-order chi connectivity index (χ1) is 16.5. The molecule has 0 atom stereocenters. The Labute approximate surface area is 211 Å². The summed E-state index contributed by atoms with van der Waals surface area (Å²) < 4.78 is 0. The van der Waals surface area contributed by atoms with E-state index in [0.717, 1.165) is 12.8 Å². The van der Waals surface area contributed by atoms with Gasteiger partial charge in [-0.2, -0.15) is 0 Å². The number of hydrogen-bond donors (Lipinski definition) is 0. The van der Waals surface area contributed by atoms with E-state index in [2.05, 4.69) is 108 Å². The molecule has 0 saturated carbocycles. The van der Waals surface area contributed by atoms with Gasteiger partial charge in [-0.05, 0) is 23.3 Å². The summed E-state index contributed by atoms with van der Waals surface area (Å²) in [5.41, 5.74) is 5.41. The van der Waals surface area contributed by atoms with Crippen molar-refractivity contribution in [1.29, 1.82) is 0 Å². The fourth-order valence-corrected chi connectivity index (χ4v) is 14.0. The second kappa shape index (κ2) is 12.1. The van der Waals surface area contributed by atoms with Crippen LogP contribution < -0.4 is 10.4 Å². The van der Waals surface area contributed by atoms with Crippen molar-refractivity contribution in [3.8, 4) is 0 Å². The summed E-state index contributed by atoms with van der Waals surface area (Å²) in [5.74, 6) is 0. The highest BCUT2D eigenvalue weighted by Gasteiger charge is 2.32. The molecule has 3 heteroatoms. The van der Waals surface area contributed by atoms with Crippen LogP contribution in [0.25, 0.3) is 0 Å². The normalized spacial score (nSPS) is 12.2. The van der Waals surface area contributed by atoms with E-state index in [1.54, 1.807) is 10.4 Å². The molecule has 0 bridgehead atoms. The van der Waals surface area contributed by atoms with Crippen LogP contribution in [0.1, 0.15) is 64.1 Å². The van der Waals surface area contributed by atoms with Crippen molar-refractivity contribution >= 4 is 26.5 Å². The largest absolute Gasteiger partial charge is 0.257 e. The molecule has 0 amide bonds. The number of pyridine rings is 1. The molecule has 1 aromatic heterocycles. The second-order valence-corrected chi connectivity index (χ2v) is 20.4. The van der Waals surface area contributed by atoms with Gasteiger partial charge in [0, 0.05) is 24.2 Å². The van der Waals surface area contributed by atoms with Gasteiger partial charge >= 0.3 is 0 Å². The Morgan fingerprint density at radius 1 is 0.471 bits per heavy atom. The first-order valence-corrected chi connectivity index (χ1v) is 18.9. The zero-order valence-corrected chi connectivity index (χ0v) is 24.5. The van der Waals surface area contributed by atoms with E-state index in [1.165, 1.54) is 58.8 Å². The summed E-state index contributed by atoms with van der Waals surface area (Å²) in [6, 6.07) is 33.0. The number of nitrogens with zero attached hydrogens (tertiary/aromatic N) is 1. The lowest BCUT2D eigenvalue weighted by Gasteiger charge is -2.31. The third-order valence-electron chi connectivity index (χ3n) is 8.85. The summed E-state index contributed by atoms with van der Waals surface area (Å²) in [6.07, 6.45) is 1.88. The Morgan fingerprint density at radius 3 is 1.18 bits per heavy atom. The number of hydrogen-bond acceptors (Lipinski definition) is 1. The van der Waals surface area contributed by atoms with Crippen LogP contribution in [0.2, 0.25) is 36.3 Å². The van der Waals surface area contributed by atoms with E-state index in [9.17, 15) is 0 Å². The molecule has 182 valence electrons. The van der Waals surface area contributed by atoms with E-state index >= 15 is 0 Å². The SMILES string of the molecule is CC[Si](CC)(CC)c1ccccc1Cc1cccc(Cc2ccccc2[Si](CC)(CC)CC)n1. The maximum absolute atomic E-state index is 5.20. The lowest BCUT2D eigenvalue weighted by atomic mass is 10.1. The molecule has 0 aliphatic rings. The van der Waals surface area contributed by atoms with Crippen molar-refractivity contribution in [1.82, 2.24) is 4.98 Å². The average molecular weight is 488 g/mol. The summed E-state index contributed by atoms with van der Waals surface area (Å²) in [5, 5.41) is 3.31. The lowest BCUT2D eigenvalue weighted by Crippen LogP contribution is -2.47. The smallest absolute Gasteiger partial charge is 0.0862 e. The summed E-state index contributed by atoms with van der Waals surface area (Å²) in [7, 11) is -2.86. The molecule has 0 aliphatic heterocycles. The molecule has 3 aromatic rings. The van der Waals surface area contributed by atoms with Crippen molar-refractivity contribution in [2.24, 2.45) is 0 Å². The second-order valence-electron chi connectivity index (χ2n) is 9.97. The fraction of sp³-hybridized carbons (Fsp3) is 0.452. The summed E-state index contributed by atoms with van der Waals surface area (Å²) >= 11 is 0. The van der Waals surface area contributed by atoms with Crippen molar-refractivity contribution < 1.29 is 0 Å². The third kappa shape index (κ3) is 5.47. The van der Waals surface area contributed by atoms with Crippen molar-refractivity contribution in [2.75, 3.05) is 0 Å². The van der Waals surface area contributed by atoms with E-state index in [-0.39, 0.29) is 0 Å². The van der Waals surface area contributed by atoms with Gasteiger partial charge in [0.25, 0.3) is 0 Å². The first-order valence-electron chi connectivity index (χ1n) is 13.6. The van der Waals surface area contributed by atoms with Crippen LogP contribution in [0.5, 0.6) is 0 Å². The molecule has 0 spiro atoms. The minimum absolute atomic E-state index is 0.942. The third-order valence-corrected chi connectivity index (χ3v) is 20.2. The maximum atomic E-state index is 5.20. The van der Waals surface area contributed by atoms with Gasteiger partial charge in [-0.1, -0.05) is 143 Å². The molecule has 1 nitrogen and oxygen atoms in total. The topological polar surface area (TPSA) is 12.9 Å². The van der Waals surface area contributed by atoms with Gasteiger partial charge in [0.2, 0.25) is 0 Å². The van der Waals surface area contributed by atoms with E-state index in [0.29, 0.717) is 0 Å². The Morgan fingerprint density at radius 2 is 0.824 bits per heavy atom. The zero-order valence-electron chi connectivity index (χ0n) is 22.5. The predicted molar refractivity (Wildman–Crippen MR) is 156 cm³/mol. The van der Waals surface area contributed by atoms with Crippen molar-refractivity contribution in [2.45, 2.75) is 90.6 Å². The maximum Gasteiger partial charge on any atom is 0.0862 e. The number of aromatic nitrogens is 1. The van der Waals surface area contributed by atoms with Crippen LogP contribution >= 0.6 is 0 Å². The van der Waals surface area contributed by atoms with Crippen LogP contribution in [0.3, 0.4) is 0 Å². The van der Waals surface area contributed by atoms with Crippen molar-refractivity contribution in [3.63, 3.8) is 0 Å². The summed E-state index contributed by atoms with van der Waals surface area (Å²) in [4.78, 5) is 5.20. The van der Waals surface area contributed by atoms with E-state index in [1.807, 2.05) is 0 Å². The van der Waals surface area contributed by atoms with Crippen LogP contribution in [0.4, 0.5) is 0 Å². The molecule has 0 saturated heterocycles. The molecule has 3 rings (SSSR count). The van der Waals surface area contributed by atoms with Gasteiger partial charge < -0.3 is 0 Å². The molecule has 0 radical (unpaired) electrons. The molecule has 0 unspecified atom stereocenters. The van der Waals surface area contributed by atoms with Gasteiger partial charge in [0.1, 0.15) is 0 Å². The molecule has 0 aliphatic carbocycles. The first kappa shape index (κ1) is 26.6. The molecular formula is C31H45NSi2. The van der Waals surface area contributed by atoms with E-state index in [4.69, 9.17) is 4.98 Å². The number of rotatable bonds is 12. The Balaban J connectivity index is 1.92. The molecule has 0 fully saturated rings. The molecule has 0 N–H and O–H groups in total. The average Bonchev–Trinajstić information content (AvgIpc) is 2.89. The quantitative estimate of drug-likeness (QED) is 0.239. The highest BCUT2D eigenvalue weighted by atomic mass is 28.3. The van der Waals surface area contributed by atoms with Gasteiger partial charge in [-0.25, -0.2) is 0 Å². The summed E-state index contributed by atoms with van der Waals surface area (Å²) in [6.45, 7) is 14.4. The highest BCUT2D eigenvalue weighted by Crippen LogP contribution is 2.24. The molecule has 34 heavy (non-hydrogen) atoms. The highest BCUT2D eigenvalue weighted by molar-refractivity contribution is 6.92. The predicted octanol–water partition coefficient (Wildman–Crippen LogP) is 7.69. The monoisotopic (exact) mass is 487 g/mol. The zero-order chi connectivity index (χ0) is 24.6. The van der Waals surface area contributed by atoms with Crippen LogP contribution in [-0.2, 0) is 12.8 Å². The Bertz CT molecular complexity index is 953. The van der Waals surface area contributed by atoms with Crippen LogP contribution in [-0.4, -0.2) is 21.1 Å². The number of benzene rings is 2. The molecular weight excluding hydrogens is 443 g/mol. The van der Waals surface area contributed by atoms with E-state index < -0.39 is 16.1 Å². The van der Waals surface area contributed by atoms with Gasteiger partial charge in [-0.3, -0.25) is 4.98 Å². The lowest BCUT2D eigenvalue weighted by molar-refractivity contribution is 0.994. The Hall–Kier alpha value is -1.98. The van der Waals surface area contributed by atoms with Gasteiger partial charge in [0.15, 0.2) is 0 Å². The minimum atomic E-state index is -1.43. The van der Waals surface area contributed by atoms with Gasteiger partial charge in [0.05, 0.1) is 16.1 Å². The van der Waals surface area contributed by atoms with Crippen molar-refractivity contribution in [3.05, 3.63) is 89.2 Å². The molecule has 1 heterocycles. The standard InChI is InChI=1S/C31H45NSi2/c1-7-33(8-2,9-3)30-22-15-13-18-26(30)24-28-20-17-21-29(32-28)25-27-19-14-16-23-31(27)34(10-4,11-5)12-6/h13-23H,7-12,24-25H2,1-6H3.